The fraction of sp³-hybridized carbons (Fsp3) is 0.538. The Balaban J connectivity index is 2.21. The summed E-state index contributed by atoms with van der Waals surface area (Å²) in [5.74, 6) is 0.397. The van der Waals surface area contributed by atoms with Gasteiger partial charge in [0.1, 0.15) is 0 Å². The van der Waals surface area contributed by atoms with Crippen LogP contribution < -0.4 is 14.8 Å². The molecule has 116 valence electrons. The van der Waals surface area contributed by atoms with Gasteiger partial charge in [-0.25, -0.2) is 13.4 Å². The van der Waals surface area contributed by atoms with Gasteiger partial charge in [-0.2, -0.15) is 0 Å². The Hall–Kier alpha value is -1.83. The summed E-state index contributed by atoms with van der Waals surface area (Å²) in [4.78, 5) is 15.7. The van der Waals surface area contributed by atoms with Crippen LogP contribution in [0.25, 0.3) is 0 Å². The number of nitrogens with one attached hydrogen (secondary N) is 2. The summed E-state index contributed by atoms with van der Waals surface area (Å²) < 4.78 is 31.7. The van der Waals surface area contributed by atoms with Gasteiger partial charge in [-0.15, -0.1) is 0 Å². The number of pyridine rings is 1. The number of hydrogen-bond acceptors (Lipinski definition) is 5. The van der Waals surface area contributed by atoms with Crippen molar-refractivity contribution in [2.75, 3.05) is 15.8 Å². The fourth-order valence-electron chi connectivity index (χ4n) is 1.82. The molecule has 1 aromatic heterocycles. The lowest BCUT2D eigenvalue weighted by molar-refractivity contribution is -0.129. The summed E-state index contributed by atoms with van der Waals surface area (Å²) in [5, 5.41) is 2.62. The number of nitrogens with zero attached hydrogens (tertiary/aromatic N) is 1. The molecular formula is C13H19N3O4S. The van der Waals surface area contributed by atoms with Crippen molar-refractivity contribution in [1.29, 1.82) is 0 Å². The summed E-state index contributed by atoms with van der Waals surface area (Å²) >= 11 is 0. The fourth-order valence-corrected chi connectivity index (χ4v) is 3.06. The number of rotatable bonds is 5. The van der Waals surface area contributed by atoms with Crippen LogP contribution in [-0.4, -0.2) is 30.7 Å². The monoisotopic (exact) mass is 313 g/mol. The van der Waals surface area contributed by atoms with Crippen molar-refractivity contribution in [3.8, 4) is 5.75 Å². The quantitative estimate of drug-likeness (QED) is 0.863. The predicted molar refractivity (Wildman–Crippen MR) is 79.9 cm³/mol. The van der Waals surface area contributed by atoms with Crippen molar-refractivity contribution in [3.63, 3.8) is 0 Å². The van der Waals surface area contributed by atoms with Crippen LogP contribution >= 0.6 is 0 Å². The molecule has 0 radical (unpaired) electrons. The minimum atomic E-state index is -3.40. The molecule has 1 aliphatic rings. The Morgan fingerprint density at radius 3 is 2.81 bits per heavy atom. The van der Waals surface area contributed by atoms with Gasteiger partial charge >= 0.3 is 0 Å². The van der Waals surface area contributed by atoms with E-state index in [1.165, 1.54) is 12.3 Å². The third-order valence-corrected chi connectivity index (χ3v) is 4.41. The molecule has 0 saturated heterocycles. The highest BCUT2D eigenvalue weighted by atomic mass is 32.2. The van der Waals surface area contributed by atoms with Crippen molar-refractivity contribution in [1.82, 2.24) is 4.98 Å². The van der Waals surface area contributed by atoms with Gasteiger partial charge in [0.05, 0.1) is 17.6 Å². The first kappa shape index (κ1) is 15.6. The van der Waals surface area contributed by atoms with Crippen LogP contribution in [0, 0.1) is 0 Å². The smallest absolute Gasteiger partial charge is 0.269 e. The van der Waals surface area contributed by atoms with Crippen LogP contribution in [0.15, 0.2) is 12.3 Å². The van der Waals surface area contributed by atoms with E-state index in [0.29, 0.717) is 17.9 Å². The zero-order chi connectivity index (χ0) is 15.7. The molecule has 0 fully saturated rings. The zero-order valence-corrected chi connectivity index (χ0v) is 13.1. The standard InChI is InChI=1S/C13H19N3O4S/c1-4-5-6-21(18,19)16-9-7-10-11(14-8-9)15-12(17)13(2,3)20-10/h7-8,16H,4-6H2,1-3H3,(H,14,15,17). The van der Waals surface area contributed by atoms with Gasteiger partial charge in [-0.1, -0.05) is 13.3 Å². The van der Waals surface area contributed by atoms with Gasteiger partial charge in [-0.3, -0.25) is 9.52 Å². The van der Waals surface area contributed by atoms with Crippen LogP contribution in [0.1, 0.15) is 33.6 Å². The lowest BCUT2D eigenvalue weighted by Gasteiger charge is -2.30. The molecular weight excluding hydrogens is 294 g/mol. The highest BCUT2D eigenvalue weighted by Gasteiger charge is 2.36. The third kappa shape index (κ3) is 3.63. The molecule has 2 heterocycles. The second-order valence-corrected chi connectivity index (χ2v) is 7.25. The van der Waals surface area contributed by atoms with E-state index in [-0.39, 0.29) is 17.5 Å². The molecule has 0 aromatic carbocycles. The summed E-state index contributed by atoms with van der Waals surface area (Å²) in [7, 11) is -3.40. The maximum Gasteiger partial charge on any atom is 0.269 e. The van der Waals surface area contributed by atoms with E-state index in [1.807, 2.05) is 6.92 Å². The summed E-state index contributed by atoms with van der Waals surface area (Å²) in [5.41, 5.74) is -0.703. The largest absolute Gasteiger partial charge is 0.474 e. The van der Waals surface area contributed by atoms with Gasteiger partial charge in [0, 0.05) is 6.07 Å². The average Bonchev–Trinajstić information content (AvgIpc) is 2.37. The molecule has 0 atom stereocenters. The number of aromatic nitrogens is 1. The van der Waals surface area contributed by atoms with E-state index in [1.54, 1.807) is 13.8 Å². The molecule has 1 aromatic rings. The molecule has 21 heavy (non-hydrogen) atoms. The molecule has 2 rings (SSSR count). The number of amides is 1. The molecule has 8 heteroatoms. The number of sulfonamides is 1. The number of carbonyl (C=O) groups is 1. The Kier molecular flexibility index (Phi) is 4.08. The molecule has 1 amide bonds. The van der Waals surface area contributed by atoms with E-state index in [9.17, 15) is 13.2 Å². The first-order valence-corrected chi connectivity index (χ1v) is 8.40. The Labute approximate surface area is 124 Å². The van der Waals surface area contributed by atoms with Crippen molar-refractivity contribution in [3.05, 3.63) is 12.3 Å². The Bertz CT molecular complexity index is 655. The number of anilines is 2. The maximum atomic E-state index is 11.9. The molecule has 0 bridgehead atoms. The predicted octanol–water partition coefficient (Wildman–Crippen LogP) is 1.73. The number of fused-ring (bicyclic) bond motifs is 1. The van der Waals surface area contributed by atoms with Crippen molar-refractivity contribution >= 4 is 27.4 Å². The molecule has 0 saturated carbocycles. The molecule has 0 unspecified atom stereocenters. The van der Waals surface area contributed by atoms with E-state index in [4.69, 9.17) is 4.74 Å². The van der Waals surface area contributed by atoms with Crippen LogP contribution in [0.2, 0.25) is 0 Å². The molecule has 1 aliphatic heterocycles. The molecule has 0 spiro atoms. The van der Waals surface area contributed by atoms with Crippen molar-refractivity contribution in [2.24, 2.45) is 0 Å². The first-order chi connectivity index (χ1) is 9.73. The van der Waals surface area contributed by atoms with Gasteiger partial charge < -0.3 is 10.1 Å². The van der Waals surface area contributed by atoms with Crippen LogP contribution in [-0.2, 0) is 14.8 Å². The van der Waals surface area contributed by atoms with Crippen LogP contribution in [0.3, 0.4) is 0 Å². The first-order valence-electron chi connectivity index (χ1n) is 6.74. The van der Waals surface area contributed by atoms with E-state index in [2.05, 4.69) is 15.0 Å². The zero-order valence-electron chi connectivity index (χ0n) is 12.3. The average molecular weight is 313 g/mol. The number of ether oxygens (including phenoxy) is 1. The molecule has 0 aliphatic carbocycles. The highest BCUT2D eigenvalue weighted by molar-refractivity contribution is 7.92. The van der Waals surface area contributed by atoms with Gasteiger partial charge in [0.2, 0.25) is 10.0 Å². The van der Waals surface area contributed by atoms with Crippen molar-refractivity contribution in [2.45, 2.75) is 39.2 Å². The summed E-state index contributed by atoms with van der Waals surface area (Å²) in [6, 6.07) is 1.52. The topological polar surface area (TPSA) is 97.4 Å². The van der Waals surface area contributed by atoms with Gasteiger partial charge in [0.25, 0.3) is 5.91 Å². The Morgan fingerprint density at radius 2 is 2.14 bits per heavy atom. The number of unbranched alkanes of at least 4 members (excludes halogenated alkanes) is 1. The lowest BCUT2D eigenvalue weighted by atomic mass is 10.1. The van der Waals surface area contributed by atoms with Gasteiger partial charge in [-0.05, 0) is 20.3 Å². The van der Waals surface area contributed by atoms with Gasteiger partial charge in [0.15, 0.2) is 17.2 Å². The molecule has 2 N–H and O–H groups in total. The second kappa shape index (κ2) is 5.51. The summed E-state index contributed by atoms with van der Waals surface area (Å²) in [6.07, 6.45) is 2.74. The lowest BCUT2D eigenvalue weighted by Crippen LogP contribution is -2.46. The minimum absolute atomic E-state index is 0.0592. The van der Waals surface area contributed by atoms with Crippen molar-refractivity contribution < 1.29 is 17.9 Å². The SMILES string of the molecule is CCCCS(=O)(=O)Nc1cnc2c(c1)OC(C)(C)C(=O)N2. The third-order valence-electron chi connectivity index (χ3n) is 3.04. The highest BCUT2D eigenvalue weighted by Crippen LogP contribution is 2.33. The van der Waals surface area contributed by atoms with Crippen LogP contribution in [0.4, 0.5) is 11.5 Å². The normalized spacial score (nSPS) is 16.6. The Morgan fingerprint density at radius 1 is 1.43 bits per heavy atom. The summed E-state index contributed by atoms with van der Waals surface area (Å²) in [6.45, 7) is 5.18. The van der Waals surface area contributed by atoms with E-state index >= 15 is 0 Å². The van der Waals surface area contributed by atoms with E-state index in [0.717, 1.165) is 6.42 Å². The van der Waals surface area contributed by atoms with Crippen LogP contribution in [0.5, 0.6) is 5.75 Å². The molecule has 7 nitrogen and oxygen atoms in total. The maximum absolute atomic E-state index is 11.9. The van der Waals surface area contributed by atoms with E-state index < -0.39 is 15.6 Å². The number of carbonyl (C=O) groups excluding carboxylic acids is 1. The number of hydrogen-bond donors (Lipinski definition) is 2. The minimum Gasteiger partial charge on any atom is -0.474 e. The second-order valence-electron chi connectivity index (χ2n) is 5.41.